The molecule has 0 saturated carbocycles. The molecular weight excluding hydrogens is 213 g/mol. The van der Waals surface area contributed by atoms with Gasteiger partial charge in [0, 0.05) is 27.7 Å². The zero-order valence-electron chi connectivity index (χ0n) is 11.4. The van der Waals surface area contributed by atoms with Crippen molar-refractivity contribution in [2.75, 3.05) is 13.1 Å². The van der Waals surface area contributed by atoms with Crippen LogP contribution in [-0.4, -0.2) is 55.8 Å². The molecule has 0 amide bonds. The molecule has 90 valence electrons. The molecule has 0 aromatic carbocycles. The first-order valence-electron chi connectivity index (χ1n) is 5.57. The SMILES string of the molecule is CC(=[OH+])CC(C)=[NH+]CC[NH+]=C(C)CC(C)=[OH+].[Be+2]. The van der Waals surface area contributed by atoms with Gasteiger partial charge in [-0.25, -0.2) is 9.98 Å². The number of hydrogen-bond acceptors (Lipinski definition) is 0. The Morgan fingerprint density at radius 3 is 1.29 bits per heavy atom. The van der Waals surface area contributed by atoms with E-state index in [-0.39, 0.29) is 10.1 Å². The van der Waals surface area contributed by atoms with Crippen LogP contribution in [-0.2, 0) is 0 Å². The maximum atomic E-state index is 9.07. The molecule has 4 N–H and O–H groups in total. The van der Waals surface area contributed by atoms with Gasteiger partial charge in [-0.3, -0.25) is 9.59 Å². The monoisotopic (exact) mass is 237 g/mol. The zero-order chi connectivity index (χ0) is 12.6. The van der Waals surface area contributed by atoms with E-state index >= 15 is 0 Å². The van der Waals surface area contributed by atoms with Gasteiger partial charge in [0.15, 0.2) is 24.5 Å². The normalized spacial score (nSPS) is 12.0. The number of hydrogen-bond donors (Lipinski definition) is 2. The van der Waals surface area contributed by atoms with E-state index in [0.29, 0.717) is 24.4 Å². The molecule has 0 rings (SSSR count). The third-order valence-corrected chi connectivity index (χ3v) is 2.02. The molecule has 0 bridgehead atoms. The van der Waals surface area contributed by atoms with Crippen LogP contribution in [0.3, 0.4) is 0 Å². The molecule has 5 heteroatoms. The third-order valence-electron chi connectivity index (χ3n) is 2.02. The summed E-state index contributed by atoms with van der Waals surface area (Å²) in [5.74, 6) is 0.845. The Morgan fingerprint density at radius 1 is 0.765 bits per heavy atom. The molecule has 0 radical (unpaired) electrons. The van der Waals surface area contributed by atoms with E-state index in [4.69, 9.17) is 9.59 Å². The molecule has 0 unspecified atom stereocenters. The van der Waals surface area contributed by atoms with Crippen molar-refractivity contribution in [2.24, 2.45) is 0 Å². The van der Waals surface area contributed by atoms with Crippen molar-refractivity contribution in [2.45, 2.75) is 40.5 Å². The quantitative estimate of drug-likeness (QED) is 0.214. The summed E-state index contributed by atoms with van der Waals surface area (Å²) in [4.78, 5) is 24.6. The Morgan fingerprint density at radius 2 is 1.06 bits per heavy atom. The molecule has 4 nitrogen and oxygen atoms in total. The summed E-state index contributed by atoms with van der Waals surface area (Å²) < 4.78 is 0. The number of ketones is 2. The molecule has 0 aromatic rings. The van der Waals surface area contributed by atoms with Crippen molar-refractivity contribution in [1.29, 1.82) is 0 Å². The first-order valence-corrected chi connectivity index (χ1v) is 5.57. The van der Waals surface area contributed by atoms with Crippen LogP contribution in [0.25, 0.3) is 0 Å². The summed E-state index contributed by atoms with van der Waals surface area (Å²) in [7, 11) is 0. The molecule has 0 heterocycles. The summed E-state index contributed by atoms with van der Waals surface area (Å²) in [5, 5.41) is 0. The third kappa shape index (κ3) is 12.8. The molecule has 17 heavy (non-hydrogen) atoms. The van der Waals surface area contributed by atoms with Crippen molar-refractivity contribution in [3.05, 3.63) is 0 Å². The second kappa shape index (κ2) is 10.0. The van der Waals surface area contributed by atoms with Crippen molar-refractivity contribution in [1.82, 2.24) is 0 Å². The first-order chi connectivity index (χ1) is 7.41. The Labute approximate surface area is 107 Å². The Bertz CT molecular complexity index is 290. The van der Waals surface area contributed by atoms with Gasteiger partial charge in [0.1, 0.15) is 12.8 Å². The molecule has 0 aromatic heterocycles. The number of rotatable bonds is 7. The van der Waals surface area contributed by atoms with E-state index < -0.39 is 0 Å². The minimum Gasteiger partial charge on any atom is -0.283 e. The molecule has 0 aliphatic rings. The molecule has 0 aliphatic heterocycles. The number of nitrogens with one attached hydrogen (secondary N) is 2. The standard InChI is InChI=1S/C12H20N2O2.Be/c1-9(7-11(3)15)13-5-6-14-10(2)8-12(4)16;/h5-8H2,1-4H3;/q;+2/p+4. The predicted octanol–water partition coefficient (Wildman–Crippen LogP) is -2.40. The topological polar surface area (TPSA) is 70.7 Å². The van der Waals surface area contributed by atoms with Crippen LogP contribution in [0.2, 0.25) is 0 Å². The van der Waals surface area contributed by atoms with Crippen LogP contribution in [0.4, 0.5) is 0 Å². The van der Waals surface area contributed by atoms with Crippen molar-refractivity contribution < 1.29 is 19.6 Å². The van der Waals surface area contributed by atoms with Crippen LogP contribution >= 0.6 is 0 Å². The van der Waals surface area contributed by atoms with Gasteiger partial charge in [-0.1, -0.05) is 0 Å². The van der Waals surface area contributed by atoms with Gasteiger partial charge < -0.3 is 0 Å². The molecule has 0 fully saturated rings. The van der Waals surface area contributed by atoms with Gasteiger partial charge in [-0.15, -0.1) is 0 Å². The Kier molecular flexibility index (Phi) is 10.8. The van der Waals surface area contributed by atoms with Crippen molar-refractivity contribution in [3.63, 3.8) is 0 Å². The van der Waals surface area contributed by atoms with E-state index in [1.807, 2.05) is 13.8 Å². The van der Waals surface area contributed by atoms with E-state index in [1.165, 1.54) is 0 Å². The van der Waals surface area contributed by atoms with Crippen LogP contribution in [0, 0.1) is 0 Å². The minimum absolute atomic E-state index is 0. The van der Waals surface area contributed by atoms with E-state index in [9.17, 15) is 0 Å². The summed E-state index contributed by atoms with van der Waals surface area (Å²) in [6, 6.07) is 0. The van der Waals surface area contributed by atoms with Crippen molar-refractivity contribution in [3.8, 4) is 0 Å². The average molecular weight is 237 g/mol. The second-order valence-corrected chi connectivity index (χ2v) is 4.24. The van der Waals surface area contributed by atoms with Gasteiger partial charge in [0.25, 0.3) is 11.6 Å². The Hall–Kier alpha value is -1.15. The molecule has 0 atom stereocenters. The van der Waals surface area contributed by atoms with Crippen molar-refractivity contribution >= 4 is 33.1 Å². The van der Waals surface area contributed by atoms with Gasteiger partial charge in [0.05, 0.1) is 0 Å². The average Bonchev–Trinajstić information content (AvgIpc) is 2.10. The van der Waals surface area contributed by atoms with Gasteiger partial charge >= 0.3 is 10.1 Å². The summed E-state index contributed by atoms with van der Waals surface area (Å²) in [5.41, 5.74) is 2.12. The fourth-order valence-electron chi connectivity index (χ4n) is 1.44. The molecule has 0 saturated heterocycles. The fraction of sp³-hybridized carbons (Fsp3) is 0.667. The molecular formula is C12H24BeN2O2+6. The van der Waals surface area contributed by atoms with E-state index in [1.54, 1.807) is 13.8 Å². The molecule has 0 spiro atoms. The van der Waals surface area contributed by atoms with Crippen LogP contribution in [0.5, 0.6) is 0 Å². The van der Waals surface area contributed by atoms with Crippen LogP contribution in [0.15, 0.2) is 0 Å². The maximum absolute atomic E-state index is 9.07. The van der Waals surface area contributed by atoms with Gasteiger partial charge in [-0.2, -0.15) is 0 Å². The first kappa shape index (κ1) is 18.2. The van der Waals surface area contributed by atoms with Crippen LogP contribution in [0.1, 0.15) is 40.5 Å². The summed E-state index contributed by atoms with van der Waals surface area (Å²) >= 11 is 0. The smallest absolute Gasteiger partial charge is 0.283 e. The van der Waals surface area contributed by atoms with Gasteiger partial charge in [0.2, 0.25) is 0 Å². The number of carbonyl (C=O) groups excluding carboxylic acids is 2. The molecule has 0 aliphatic carbocycles. The Balaban J connectivity index is 0. The maximum Gasteiger partial charge on any atom is 2.00 e. The van der Waals surface area contributed by atoms with Crippen LogP contribution < -0.4 is 9.98 Å². The second-order valence-electron chi connectivity index (χ2n) is 4.24. The summed E-state index contributed by atoms with van der Waals surface area (Å²) in [6.07, 6.45) is 1.21. The predicted molar refractivity (Wildman–Crippen MR) is 73.2 cm³/mol. The summed E-state index contributed by atoms with van der Waals surface area (Å²) in [6.45, 7) is 8.92. The van der Waals surface area contributed by atoms with E-state index in [2.05, 4.69) is 9.98 Å². The largest absolute Gasteiger partial charge is 2.00 e. The van der Waals surface area contributed by atoms with Gasteiger partial charge in [-0.05, 0) is 0 Å². The zero-order valence-corrected chi connectivity index (χ0v) is 11.4. The van der Waals surface area contributed by atoms with E-state index in [0.717, 1.165) is 24.5 Å². The fourth-order valence-corrected chi connectivity index (χ4v) is 1.44. The minimum atomic E-state index is 0.